The van der Waals surface area contributed by atoms with Crippen molar-refractivity contribution in [1.29, 1.82) is 0 Å². The molecule has 0 fully saturated rings. The third-order valence-electron chi connectivity index (χ3n) is 2.81. The summed E-state index contributed by atoms with van der Waals surface area (Å²) in [5.41, 5.74) is 4.94. The Morgan fingerprint density at radius 3 is 2.06 bits per heavy atom. The molecule has 0 aromatic heterocycles. The zero-order valence-electron chi connectivity index (χ0n) is 11.7. The van der Waals surface area contributed by atoms with Crippen molar-refractivity contribution < 1.29 is 9.00 Å². The molecule has 18 heavy (non-hydrogen) atoms. The van der Waals surface area contributed by atoms with Gasteiger partial charge in [0.15, 0.2) is 0 Å². The van der Waals surface area contributed by atoms with Gasteiger partial charge in [0.25, 0.3) is 5.91 Å². The molecule has 2 N–H and O–H groups in total. The molecule has 0 saturated carbocycles. The van der Waals surface area contributed by atoms with Gasteiger partial charge in [-0.3, -0.25) is 4.79 Å². The minimum atomic E-state index is -2.51. The normalized spacial score (nSPS) is 24.3. The maximum absolute atomic E-state index is 12.9. The highest BCUT2D eigenvalue weighted by Gasteiger charge is 2.32. The van der Waals surface area contributed by atoms with E-state index in [-0.39, 0.29) is 29.7 Å². The first-order valence-corrected chi connectivity index (χ1v) is 8.09. The van der Waals surface area contributed by atoms with Crippen LogP contribution in [0.3, 0.4) is 0 Å². The fourth-order valence-corrected chi connectivity index (χ4v) is 5.39. The highest BCUT2D eigenvalue weighted by Crippen LogP contribution is 2.32. The van der Waals surface area contributed by atoms with E-state index < -0.39 is 9.73 Å². The maximum Gasteiger partial charge on any atom is 0.255 e. The number of nitrogens with two attached hydrogens (primary N) is 1. The summed E-state index contributed by atoms with van der Waals surface area (Å²) in [4.78, 5) is 11.6. The molecule has 0 aromatic rings. The van der Waals surface area contributed by atoms with Gasteiger partial charge in [0, 0.05) is 24.5 Å². The Hall–Kier alpha value is -0.680. The molecule has 1 rings (SSSR count). The summed E-state index contributed by atoms with van der Waals surface area (Å²) < 4.78 is 16.9. The lowest BCUT2D eigenvalue weighted by Gasteiger charge is -2.22. The van der Waals surface area contributed by atoms with Gasteiger partial charge in [0.1, 0.15) is 0 Å². The van der Waals surface area contributed by atoms with E-state index >= 15 is 0 Å². The zero-order valence-corrected chi connectivity index (χ0v) is 12.5. The molecule has 0 saturated heterocycles. The smallest absolute Gasteiger partial charge is 0.255 e. The lowest BCUT2D eigenvalue weighted by molar-refractivity contribution is -0.117. The molecule has 1 amide bonds. The second-order valence-corrected chi connectivity index (χ2v) is 8.70. The summed E-state index contributed by atoms with van der Waals surface area (Å²) in [5.74, 6) is 0.517. The van der Waals surface area contributed by atoms with E-state index in [0.29, 0.717) is 11.5 Å². The molecule has 0 unspecified atom stereocenters. The highest BCUT2D eigenvalue weighted by molar-refractivity contribution is 7.94. The Morgan fingerprint density at radius 1 is 1.22 bits per heavy atom. The van der Waals surface area contributed by atoms with Crippen molar-refractivity contribution in [3.05, 3.63) is 12.2 Å². The first-order chi connectivity index (χ1) is 8.08. The SMILES string of the molecule is CC1(C)C=CC(C)(C)CS(=O)(=NC(=O)CCN)C1. The molecule has 4 nitrogen and oxygen atoms in total. The number of nitrogens with zero attached hydrogens (tertiary/aromatic N) is 1. The Bertz CT molecular complexity index is 443. The molecule has 5 heteroatoms. The Kier molecular flexibility index (Phi) is 4.38. The first kappa shape index (κ1) is 15.4. The largest absolute Gasteiger partial charge is 0.330 e. The van der Waals surface area contributed by atoms with Crippen LogP contribution < -0.4 is 5.73 Å². The number of hydrogen-bond acceptors (Lipinski definition) is 3. The Morgan fingerprint density at radius 2 is 1.67 bits per heavy atom. The molecule has 1 aliphatic rings. The van der Waals surface area contributed by atoms with Crippen LogP contribution in [0.2, 0.25) is 0 Å². The molecule has 104 valence electrons. The van der Waals surface area contributed by atoms with Gasteiger partial charge in [-0.25, -0.2) is 4.21 Å². The number of carbonyl (C=O) groups is 1. The Balaban J connectivity index is 3.15. The van der Waals surface area contributed by atoms with Crippen LogP contribution in [0, 0.1) is 10.8 Å². The average molecular weight is 272 g/mol. The topological polar surface area (TPSA) is 72.5 Å². The Labute approximate surface area is 110 Å². The first-order valence-electron chi connectivity index (χ1n) is 6.23. The molecular formula is C13H24N2O2S. The van der Waals surface area contributed by atoms with Gasteiger partial charge in [0.05, 0.1) is 9.73 Å². The zero-order chi connectivity index (χ0) is 14.0. The highest BCUT2D eigenvalue weighted by atomic mass is 32.2. The van der Waals surface area contributed by atoms with Crippen LogP contribution in [0.5, 0.6) is 0 Å². The molecule has 0 spiro atoms. The van der Waals surface area contributed by atoms with Crippen LogP contribution >= 0.6 is 0 Å². The van der Waals surface area contributed by atoms with Crippen molar-refractivity contribution >= 4 is 15.6 Å². The average Bonchev–Trinajstić information content (AvgIpc) is 2.19. The van der Waals surface area contributed by atoms with Crippen molar-refractivity contribution in [2.24, 2.45) is 20.9 Å². The predicted octanol–water partition coefficient (Wildman–Crippen LogP) is 1.95. The van der Waals surface area contributed by atoms with Crippen LogP contribution in [-0.4, -0.2) is 28.2 Å². The molecule has 0 bridgehead atoms. The van der Waals surface area contributed by atoms with E-state index in [4.69, 9.17) is 5.73 Å². The van der Waals surface area contributed by atoms with Crippen molar-refractivity contribution in [3.63, 3.8) is 0 Å². The summed E-state index contributed by atoms with van der Waals surface area (Å²) in [6, 6.07) is 0. The van der Waals surface area contributed by atoms with Gasteiger partial charge in [-0.05, 0) is 10.8 Å². The fraction of sp³-hybridized carbons (Fsp3) is 0.769. The third-order valence-corrected chi connectivity index (χ3v) is 5.73. The number of carbonyl (C=O) groups excluding carboxylic acids is 1. The van der Waals surface area contributed by atoms with Crippen molar-refractivity contribution in [2.75, 3.05) is 18.1 Å². The fourth-order valence-electron chi connectivity index (χ4n) is 2.18. The van der Waals surface area contributed by atoms with Gasteiger partial charge >= 0.3 is 0 Å². The van der Waals surface area contributed by atoms with Crippen LogP contribution in [0.15, 0.2) is 16.5 Å². The lowest BCUT2D eigenvalue weighted by Crippen LogP contribution is -2.27. The van der Waals surface area contributed by atoms with Crippen molar-refractivity contribution in [1.82, 2.24) is 0 Å². The van der Waals surface area contributed by atoms with Crippen LogP contribution in [0.25, 0.3) is 0 Å². The second kappa shape index (κ2) is 5.13. The van der Waals surface area contributed by atoms with Gasteiger partial charge in [0.2, 0.25) is 0 Å². The minimum absolute atomic E-state index is 0.172. The van der Waals surface area contributed by atoms with Gasteiger partial charge in [-0.15, -0.1) is 0 Å². The van der Waals surface area contributed by atoms with E-state index in [1.165, 1.54) is 0 Å². The summed E-state index contributed by atoms with van der Waals surface area (Å²) in [6.45, 7) is 8.34. The number of rotatable bonds is 2. The van der Waals surface area contributed by atoms with E-state index in [0.717, 1.165) is 0 Å². The molecular weight excluding hydrogens is 248 g/mol. The molecule has 0 aliphatic carbocycles. The number of amides is 1. The quantitative estimate of drug-likeness (QED) is 0.781. The van der Waals surface area contributed by atoms with E-state index in [1.54, 1.807) is 0 Å². The monoisotopic (exact) mass is 272 g/mol. The minimum Gasteiger partial charge on any atom is -0.330 e. The number of allylic oxidation sites excluding steroid dienone is 2. The van der Waals surface area contributed by atoms with Crippen LogP contribution in [0.4, 0.5) is 0 Å². The van der Waals surface area contributed by atoms with Crippen LogP contribution in [0.1, 0.15) is 34.1 Å². The van der Waals surface area contributed by atoms with E-state index in [2.05, 4.69) is 16.5 Å². The molecule has 1 heterocycles. The third kappa shape index (κ3) is 4.53. The van der Waals surface area contributed by atoms with Gasteiger partial charge in [-0.1, -0.05) is 39.8 Å². The van der Waals surface area contributed by atoms with Crippen molar-refractivity contribution in [3.8, 4) is 0 Å². The van der Waals surface area contributed by atoms with Crippen LogP contribution in [-0.2, 0) is 14.5 Å². The lowest BCUT2D eigenvalue weighted by atomic mass is 9.89. The molecule has 0 atom stereocenters. The van der Waals surface area contributed by atoms with Crippen molar-refractivity contribution in [2.45, 2.75) is 34.1 Å². The summed E-state index contributed by atoms with van der Waals surface area (Å²) >= 11 is 0. The van der Waals surface area contributed by atoms with Gasteiger partial charge < -0.3 is 5.73 Å². The standard InChI is InChI=1S/C13H24N2O2S/c1-12(2)6-7-13(3,4)10-18(17,9-12)15-11(16)5-8-14/h6-7H,5,8-10,14H2,1-4H3. The molecule has 0 radical (unpaired) electrons. The summed E-state index contributed by atoms with van der Waals surface area (Å²) in [6.07, 6.45) is 4.34. The van der Waals surface area contributed by atoms with E-state index in [1.807, 2.05) is 27.7 Å². The molecule has 0 aromatic carbocycles. The summed E-state index contributed by atoms with van der Waals surface area (Å²) in [7, 11) is -2.51. The predicted molar refractivity (Wildman–Crippen MR) is 75.7 cm³/mol. The second-order valence-electron chi connectivity index (χ2n) is 6.40. The molecule has 1 aliphatic heterocycles. The van der Waals surface area contributed by atoms with Gasteiger partial charge in [-0.2, -0.15) is 4.36 Å². The number of hydrogen-bond donors (Lipinski definition) is 1. The summed E-state index contributed by atoms with van der Waals surface area (Å²) in [5, 5.41) is 0. The van der Waals surface area contributed by atoms with E-state index in [9.17, 15) is 9.00 Å². The maximum atomic E-state index is 12.9.